The molecule has 1 amide bonds. The molecule has 0 saturated carbocycles. The van der Waals surface area contributed by atoms with Crippen LogP contribution in [0.4, 0.5) is 4.39 Å². The fraction of sp³-hybridized carbons (Fsp3) is 0.444. The fourth-order valence-corrected chi connectivity index (χ4v) is 1.95. The minimum absolute atomic E-state index is 0.178. The maximum atomic E-state index is 13.0. The van der Waals surface area contributed by atoms with Gasteiger partial charge in [0, 0.05) is 25.6 Å². The normalized spacial score (nSPS) is 16.4. The van der Waals surface area contributed by atoms with Crippen molar-refractivity contribution in [2.45, 2.75) is 0 Å². The Morgan fingerprint density at radius 2 is 2.50 bits per heavy atom. The van der Waals surface area contributed by atoms with E-state index in [0.29, 0.717) is 12.5 Å². The van der Waals surface area contributed by atoms with Crippen LogP contribution in [0.3, 0.4) is 0 Å². The molecule has 2 rings (SSSR count). The van der Waals surface area contributed by atoms with E-state index in [0.717, 1.165) is 24.4 Å². The van der Waals surface area contributed by atoms with Crippen LogP contribution >= 0.6 is 11.3 Å². The molecule has 1 aromatic heterocycles. The Balaban J connectivity index is 1.86. The van der Waals surface area contributed by atoms with Crippen molar-refractivity contribution in [1.82, 2.24) is 10.6 Å². The molecule has 14 heavy (non-hydrogen) atoms. The van der Waals surface area contributed by atoms with E-state index >= 15 is 0 Å². The molecular formula is C9H11FN2OS. The molecule has 1 aliphatic heterocycles. The largest absolute Gasteiger partial charge is 0.351 e. The van der Waals surface area contributed by atoms with Gasteiger partial charge in [0.1, 0.15) is 10.7 Å². The van der Waals surface area contributed by atoms with Gasteiger partial charge in [-0.2, -0.15) is 0 Å². The Hall–Kier alpha value is -0.940. The summed E-state index contributed by atoms with van der Waals surface area (Å²) in [5.74, 6) is -0.231. The molecule has 76 valence electrons. The number of amides is 1. The van der Waals surface area contributed by atoms with E-state index in [1.165, 1.54) is 6.07 Å². The minimum atomic E-state index is -0.431. The highest BCUT2D eigenvalue weighted by Gasteiger charge is 2.19. The van der Waals surface area contributed by atoms with Crippen LogP contribution in [0.15, 0.2) is 11.4 Å². The van der Waals surface area contributed by atoms with Gasteiger partial charge in [-0.3, -0.25) is 4.79 Å². The number of carbonyl (C=O) groups is 1. The average Bonchev–Trinajstić information content (AvgIpc) is 2.48. The van der Waals surface area contributed by atoms with Crippen LogP contribution in [0.2, 0.25) is 0 Å². The first kappa shape index (κ1) is 9.61. The van der Waals surface area contributed by atoms with Crippen LogP contribution in [-0.2, 0) is 0 Å². The molecule has 0 unspecified atom stereocenters. The predicted molar refractivity (Wildman–Crippen MR) is 53.0 cm³/mol. The van der Waals surface area contributed by atoms with Crippen molar-refractivity contribution in [2.24, 2.45) is 5.92 Å². The number of hydrogen-bond donors (Lipinski definition) is 2. The molecule has 1 aliphatic rings. The second-order valence-electron chi connectivity index (χ2n) is 3.33. The molecular weight excluding hydrogens is 203 g/mol. The van der Waals surface area contributed by atoms with Crippen LogP contribution in [0, 0.1) is 11.7 Å². The lowest BCUT2D eigenvalue weighted by molar-refractivity contribution is 0.0942. The van der Waals surface area contributed by atoms with E-state index in [1.54, 1.807) is 5.38 Å². The first-order chi connectivity index (χ1) is 6.77. The predicted octanol–water partition coefficient (Wildman–Crippen LogP) is 0.836. The number of thiophene rings is 1. The lowest BCUT2D eigenvalue weighted by Gasteiger charge is -2.26. The molecule has 1 fully saturated rings. The Labute approximate surface area is 85.3 Å². The van der Waals surface area contributed by atoms with Gasteiger partial charge in [-0.15, -0.1) is 11.3 Å². The summed E-state index contributed by atoms with van der Waals surface area (Å²) in [4.78, 5) is 11.6. The van der Waals surface area contributed by atoms with Crippen molar-refractivity contribution < 1.29 is 9.18 Å². The molecule has 2 N–H and O–H groups in total. The third kappa shape index (κ3) is 1.93. The van der Waals surface area contributed by atoms with Gasteiger partial charge in [0.15, 0.2) is 0 Å². The highest BCUT2D eigenvalue weighted by Crippen LogP contribution is 2.14. The summed E-state index contributed by atoms with van der Waals surface area (Å²) in [6, 6.07) is 1.31. The highest BCUT2D eigenvalue weighted by molar-refractivity contribution is 7.12. The zero-order valence-corrected chi connectivity index (χ0v) is 8.36. The summed E-state index contributed by atoms with van der Waals surface area (Å²) in [6.45, 7) is 2.50. The van der Waals surface area contributed by atoms with E-state index in [9.17, 15) is 9.18 Å². The van der Waals surface area contributed by atoms with Gasteiger partial charge in [-0.05, 0) is 11.4 Å². The van der Waals surface area contributed by atoms with Crippen LogP contribution in [-0.4, -0.2) is 25.5 Å². The minimum Gasteiger partial charge on any atom is -0.351 e. The number of nitrogens with one attached hydrogen (secondary N) is 2. The first-order valence-electron chi connectivity index (χ1n) is 4.49. The van der Waals surface area contributed by atoms with Crippen molar-refractivity contribution in [3.05, 3.63) is 22.1 Å². The lowest BCUT2D eigenvalue weighted by atomic mass is 10.0. The average molecular weight is 214 g/mol. The second-order valence-corrected chi connectivity index (χ2v) is 4.25. The first-order valence-corrected chi connectivity index (χ1v) is 5.37. The van der Waals surface area contributed by atoms with Crippen LogP contribution in [0.25, 0.3) is 0 Å². The zero-order chi connectivity index (χ0) is 9.97. The van der Waals surface area contributed by atoms with Crippen molar-refractivity contribution in [2.75, 3.05) is 19.6 Å². The molecule has 0 atom stereocenters. The summed E-state index contributed by atoms with van der Waals surface area (Å²) in [6.07, 6.45) is 0. The van der Waals surface area contributed by atoms with Gasteiger partial charge in [0.05, 0.1) is 0 Å². The Morgan fingerprint density at radius 3 is 3.00 bits per heavy atom. The molecule has 2 heterocycles. The van der Waals surface area contributed by atoms with Crippen molar-refractivity contribution in [3.63, 3.8) is 0 Å². The number of carbonyl (C=O) groups excluding carboxylic acids is 1. The molecule has 1 saturated heterocycles. The standard InChI is InChI=1S/C9H11FN2OS/c10-7-1-2-14-8(7)9(13)12-5-6-3-11-4-6/h1-2,6,11H,3-5H2,(H,12,13). The number of hydrogen-bond acceptors (Lipinski definition) is 3. The van der Waals surface area contributed by atoms with E-state index in [2.05, 4.69) is 10.6 Å². The van der Waals surface area contributed by atoms with Crippen LogP contribution in [0.5, 0.6) is 0 Å². The van der Waals surface area contributed by atoms with E-state index < -0.39 is 5.82 Å². The highest BCUT2D eigenvalue weighted by atomic mass is 32.1. The second kappa shape index (κ2) is 4.06. The Bertz CT molecular complexity index is 335. The summed E-state index contributed by atoms with van der Waals surface area (Å²) in [7, 11) is 0. The summed E-state index contributed by atoms with van der Waals surface area (Å²) >= 11 is 1.13. The monoisotopic (exact) mass is 214 g/mol. The fourth-order valence-electron chi connectivity index (χ4n) is 1.27. The van der Waals surface area contributed by atoms with Crippen molar-refractivity contribution >= 4 is 17.2 Å². The Kier molecular flexibility index (Phi) is 2.79. The molecule has 5 heteroatoms. The van der Waals surface area contributed by atoms with Gasteiger partial charge in [-0.25, -0.2) is 4.39 Å². The zero-order valence-electron chi connectivity index (χ0n) is 7.55. The summed E-state index contributed by atoms with van der Waals surface area (Å²) < 4.78 is 13.0. The van der Waals surface area contributed by atoms with Gasteiger partial charge in [-0.1, -0.05) is 0 Å². The maximum Gasteiger partial charge on any atom is 0.264 e. The molecule has 3 nitrogen and oxygen atoms in total. The van der Waals surface area contributed by atoms with Crippen LogP contribution < -0.4 is 10.6 Å². The number of halogens is 1. The summed E-state index contributed by atoms with van der Waals surface area (Å²) in [5, 5.41) is 7.41. The number of rotatable bonds is 3. The molecule has 1 aromatic rings. The third-order valence-corrected chi connectivity index (χ3v) is 3.13. The molecule has 0 radical (unpaired) electrons. The van der Waals surface area contributed by atoms with Crippen LogP contribution in [0.1, 0.15) is 9.67 Å². The SMILES string of the molecule is O=C(NCC1CNC1)c1sccc1F. The van der Waals surface area contributed by atoms with Gasteiger partial charge >= 0.3 is 0 Å². The molecule has 0 aromatic carbocycles. The van der Waals surface area contributed by atoms with Crippen molar-refractivity contribution in [1.29, 1.82) is 0 Å². The van der Waals surface area contributed by atoms with E-state index in [1.807, 2.05) is 0 Å². The van der Waals surface area contributed by atoms with E-state index in [4.69, 9.17) is 0 Å². The molecule has 0 spiro atoms. The van der Waals surface area contributed by atoms with Gasteiger partial charge in [0.25, 0.3) is 5.91 Å². The molecule has 0 bridgehead atoms. The molecule has 0 aliphatic carbocycles. The quantitative estimate of drug-likeness (QED) is 0.782. The summed E-state index contributed by atoms with van der Waals surface area (Å²) in [5.41, 5.74) is 0. The van der Waals surface area contributed by atoms with E-state index in [-0.39, 0.29) is 10.8 Å². The Morgan fingerprint density at radius 1 is 1.71 bits per heavy atom. The lowest BCUT2D eigenvalue weighted by Crippen LogP contribution is -2.48. The van der Waals surface area contributed by atoms with Crippen molar-refractivity contribution in [3.8, 4) is 0 Å². The third-order valence-electron chi connectivity index (χ3n) is 2.24. The topological polar surface area (TPSA) is 41.1 Å². The van der Waals surface area contributed by atoms with Gasteiger partial charge < -0.3 is 10.6 Å². The maximum absolute atomic E-state index is 13.0. The smallest absolute Gasteiger partial charge is 0.264 e. The van der Waals surface area contributed by atoms with Gasteiger partial charge in [0.2, 0.25) is 0 Å².